The van der Waals surface area contributed by atoms with Gasteiger partial charge < -0.3 is 14.4 Å². The topological polar surface area (TPSA) is 21.7 Å². The van der Waals surface area contributed by atoms with Gasteiger partial charge in [-0.05, 0) is 60.7 Å². The molecule has 2 atom stereocenters. The molecule has 0 saturated carbocycles. The van der Waals surface area contributed by atoms with Crippen LogP contribution in [0.2, 0.25) is 0 Å². The maximum atomic E-state index is 6.50. The lowest BCUT2D eigenvalue weighted by Crippen LogP contribution is -2.44. The largest absolute Gasteiger partial charge is 0.497 e. The van der Waals surface area contributed by atoms with Crippen LogP contribution in [-0.2, 0) is 6.42 Å². The lowest BCUT2D eigenvalue weighted by Gasteiger charge is -2.39. The Hall–Kier alpha value is -2.78. The summed E-state index contributed by atoms with van der Waals surface area (Å²) in [6.45, 7) is 5.24. The molecule has 0 radical (unpaired) electrons. The third-order valence-electron chi connectivity index (χ3n) is 5.99. The van der Waals surface area contributed by atoms with Crippen LogP contribution in [-0.4, -0.2) is 37.7 Å². The monoisotopic (exact) mass is 401 g/mol. The highest BCUT2D eigenvalue weighted by Gasteiger charge is 2.31. The number of benzene rings is 3. The van der Waals surface area contributed by atoms with Crippen LogP contribution < -0.4 is 9.47 Å². The van der Waals surface area contributed by atoms with Crippen LogP contribution in [0.3, 0.4) is 0 Å². The van der Waals surface area contributed by atoms with Gasteiger partial charge in [-0.2, -0.15) is 0 Å². The van der Waals surface area contributed by atoms with Crippen molar-refractivity contribution in [3.63, 3.8) is 0 Å². The van der Waals surface area contributed by atoms with E-state index in [1.165, 1.54) is 16.7 Å². The Morgan fingerprint density at radius 2 is 1.70 bits per heavy atom. The molecule has 0 aliphatic carbocycles. The number of aryl methyl sites for hydroxylation is 1. The molecule has 0 spiro atoms. The van der Waals surface area contributed by atoms with Gasteiger partial charge in [-0.1, -0.05) is 54.6 Å². The van der Waals surface area contributed by atoms with Gasteiger partial charge in [0.25, 0.3) is 0 Å². The summed E-state index contributed by atoms with van der Waals surface area (Å²) in [7, 11) is 1.72. The van der Waals surface area contributed by atoms with E-state index in [2.05, 4.69) is 84.6 Å². The zero-order valence-corrected chi connectivity index (χ0v) is 18.0. The lowest BCUT2D eigenvalue weighted by atomic mass is 9.87. The Morgan fingerprint density at radius 3 is 2.50 bits per heavy atom. The Morgan fingerprint density at radius 1 is 0.900 bits per heavy atom. The molecule has 1 heterocycles. The van der Waals surface area contributed by atoms with E-state index in [4.69, 9.17) is 9.47 Å². The van der Waals surface area contributed by atoms with Gasteiger partial charge in [-0.3, -0.25) is 0 Å². The van der Waals surface area contributed by atoms with Crippen molar-refractivity contribution >= 4 is 0 Å². The highest BCUT2D eigenvalue weighted by molar-refractivity contribution is 5.30. The molecule has 3 aromatic carbocycles. The average molecular weight is 402 g/mol. The molecule has 3 heteroatoms. The predicted molar refractivity (Wildman–Crippen MR) is 123 cm³/mol. The first kappa shape index (κ1) is 20.5. The summed E-state index contributed by atoms with van der Waals surface area (Å²) in [4.78, 5) is 2.58. The lowest BCUT2D eigenvalue weighted by molar-refractivity contribution is 0.0783. The molecular weight excluding hydrogens is 370 g/mol. The van der Waals surface area contributed by atoms with Crippen molar-refractivity contribution in [1.82, 2.24) is 4.90 Å². The van der Waals surface area contributed by atoms with E-state index in [0.717, 1.165) is 44.0 Å². The van der Waals surface area contributed by atoms with E-state index in [1.54, 1.807) is 7.11 Å². The molecule has 1 fully saturated rings. The molecule has 30 heavy (non-hydrogen) atoms. The van der Waals surface area contributed by atoms with Crippen LogP contribution in [0.15, 0.2) is 78.9 Å². The second kappa shape index (κ2) is 9.82. The zero-order chi connectivity index (χ0) is 20.8. The highest BCUT2D eigenvalue weighted by atomic mass is 16.5. The summed E-state index contributed by atoms with van der Waals surface area (Å²) < 4.78 is 11.9. The molecule has 1 aliphatic heterocycles. The Bertz CT molecular complexity index is 940. The fourth-order valence-electron chi connectivity index (χ4n) is 4.34. The number of likely N-dealkylation sites (tertiary alicyclic amines) is 1. The minimum Gasteiger partial charge on any atom is -0.497 e. The Labute approximate surface area is 180 Å². The van der Waals surface area contributed by atoms with Crippen molar-refractivity contribution in [1.29, 1.82) is 0 Å². The minimum atomic E-state index is 0.197. The molecule has 4 rings (SSSR count). The standard InChI is InChI=1S/C27H31NO2/c1-21-8-6-13-25(18-21)30-27-15-17-28(20-26(27)23-10-4-3-5-11-23)16-14-22-9-7-12-24(19-22)29-2/h3-13,18-19,26-27H,14-17,20H2,1-2H3. The Kier molecular flexibility index (Phi) is 6.70. The van der Waals surface area contributed by atoms with Crippen molar-refractivity contribution in [3.8, 4) is 11.5 Å². The molecule has 3 nitrogen and oxygen atoms in total. The molecule has 156 valence electrons. The maximum Gasteiger partial charge on any atom is 0.120 e. The number of rotatable bonds is 7. The van der Waals surface area contributed by atoms with E-state index in [9.17, 15) is 0 Å². The van der Waals surface area contributed by atoms with Crippen LogP contribution in [0.1, 0.15) is 29.0 Å². The van der Waals surface area contributed by atoms with Gasteiger partial charge in [0.1, 0.15) is 17.6 Å². The molecule has 2 unspecified atom stereocenters. The van der Waals surface area contributed by atoms with Gasteiger partial charge in [-0.15, -0.1) is 0 Å². The molecule has 1 aliphatic rings. The summed E-state index contributed by atoms with van der Waals surface area (Å²) in [6, 6.07) is 27.6. The summed E-state index contributed by atoms with van der Waals surface area (Å²) in [6.07, 6.45) is 2.26. The van der Waals surface area contributed by atoms with Crippen LogP contribution in [0.4, 0.5) is 0 Å². The summed E-state index contributed by atoms with van der Waals surface area (Å²) >= 11 is 0. The van der Waals surface area contributed by atoms with E-state index >= 15 is 0 Å². The van der Waals surface area contributed by atoms with E-state index < -0.39 is 0 Å². The van der Waals surface area contributed by atoms with Gasteiger partial charge in [-0.25, -0.2) is 0 Å². The van der Waals surface area contributed by atoms with Gasteiger partial charge in [0.2, 0.25) is 0 Å². The zero-order valence-electron chi connectivity index (χ0n) is 18.0. The number of methoxy groups -OCH3 is 1. The molecule has 0 bridgehead atoms. The number of piperidine rings is 1. The summed E-state index contributed by atoms with van der Waals surface area (Å²) in [5.74, 6) is 2.27. The first-order valence-electron chi connectivity index (χ1n) is 10.8. The van der Waals surface area contributed by atoms with Crippen LogP contribution in [0.5, 0.6) is 11.5 Å². The quantitative estimate of drug-likeness (QED) is 0.523. The second-order valence-electron chi connectivity index (χ2n) is 8.18. The third-order valence-corrected chi connectivity index (χ3v) is 5.99. The first-order valence-corrected chi connectivity index (χ1v) is 10.8. The third kappa shape index (κ3) is 5.22. The molecule has 1 saturated heterocycles. The Balaban J connectivity index is 1.45. The van der Waals surface area contributed by atoms with Crippen LogP contribution in [0, 0.1) is 6.92 Å². The maximum absolute atomic E-state index is 6.50. The van der Waals surface area contributed by atoms with Gasteiger partial charge in [0.05, 0.1) is 7.11 Å². The van der Waals surface area contributed by atoms with Gasteiger partial charge in [0.15, 0.2) is 0 Å². The van der Waals surface area contributed by atoms with Gasteiger partial charge in [0, 0.05) is 25.6 Å². The van der Waals surface area contributed by atoms with Crippen molar-refractivity contribution < 1.29 is 9.47 Å². The fraction of sp³-hybridized carbons (Fsp3) is 0.333. The molecular formula is C27H31NO2. The smallest absolute Gasteiger partial charge is 0.120 e. The fourth-order valence-corrected chi connectivity index (χ4v) is 4.34. The number of hydrogen-bond donors (Lipinski definition) is 0. The average Bonchev–Trinajstić information content (AvgIpc) is 2.79. The summed E-state index contributed by atoms with van der Waals surface area (Å²) in [5.41, 5.74) is 3.92. The summed E-state index contributed by atoms with van der Waals surface area (Å²) in [5, 5.41) is 0. The van der Waals surface area contributed by atoms with E-state index in [0.29, 0.717) is 5.92 Å². The number of ether oxygens (including phenoxy) is 2. The van der Waals surface area contributed by atoms with E-state index in [-0.39, 0.29) is 6.10 Å². The number of hydrogen-bond acceptors (Lipinski definition) is 3. The molecule has 0 aromatic heterocycles. The minimum absolute atomic E-state index is 0.197. The van der Waals surface area contributed by atoms with Crippen molar-refractivity contribution in [2.45, 2.75) is 31.8 Å². The van der Waals surface area contributed by atoms with Gasteiger partial charge >= 0.3 is 0 Å². The molecule has 0 N–H and O–H groups in total. The highest BCUT2D eigenvalue weighted by Crippen LogP contribution is 2.31. The first-order chi connectivity index (χ1) is 14.7. The second-order valence-corrected chi connectivity index (χ2v) is 8.18. The number of nitrogens with zero attached hydrogens (tertiary/aromatic N) is 1. The van der Waals surface area contributed by atoms with Crippen molar-refractivity contribution in [2.24, 2.45) is 0 Å². The van der Waals surface area contributed by atoms with Crippen molar-refractivity contribution in [2.75, 3.05) is 26.7 Å². The SMILES string of the molecule is COc1cccc(CCN2CCC(Oc3cccc(C)c3)C(c3ccccc3)C2)c1. The predicted octanol–water partition coefficient (Wildman–Crippen LogP) is 5.48. The molecule has 0 amide bonds. The normalized spacial score (nSPS) is 19.4. The van der Waals surface area contributed by atoms with Crippen LogP contribution in [0.25, 0.3) is 0 Å². The molecule has 3 aromatic rings. The van der Waals surface area contributed by atoms with Crippen LogP contribution >= 0.6 is 0 Å². The van der Waals surface area contributed by atoms with Crippen molar-refractivity contribution in [3.05, 3.63) is 95.6 Å². The van der Waals surface area contributed by atoms with E-state index in [1.807, 2.05) is 6.07 Å².